The second-order valence-corrected chi connectivity index (χ2v) is 9.04. The SMILES string of the molecule is CCCCCCNC(=O)CCCCCN1C(=O)CC(SCCCCCC)C1=O. The summed E-state index contributed by atoms with van der Waals surface area (Å²) in [5.41, 5.74) is 0. The third kappa shape index (κ3) is 10.5. The van der Waals surface area contributed by atoms with E-state index in [1.165, 1.54) is 43.4 Å². The minimum Gasteiger partial charge on any atom is -0.356 e. The molecule has 0 saturated carbocycles. The molecule has 1 rings (SSSR count). The summed E-state index contributed by atoms with van der Waals surface area (Å²) < 4.78 is 0. The summed E-state index contributed by atoms with van der Waals surface area (Å²) >= 11 is 1.65. The van der Waals surface area contributed by atoms with Gasteiger partial charge in [-0.1, -0.05) is 58.8 Å². The molecule has 0 aromatic heterocycles. The fraction of sp³-hybridized carbons (Fsp3) is 0.864. The number of carbonyl (C=O) groups is 3. The lowest BCUT2D eigenvalue weighted by molar-refractivity contribution is -0.138. The van der Waals surface area contributed by atoms with Crippen molar-refractivity contribution in [1.29, 1.82) is 0 Å². The lowest BCUT2D eigenvalue weighted by Gasteiger charge is -2.14. The van der Waals surface area contributed by atoms with Gasteiger partial charge in [0.05, 0.1) is 5.25 Å². The molecule has 1 atom stereocenters. The van der Waals surface area contributed by atoms with E-state index in [0.29, 0.717) is 19.4 Å². The molecule has 0 radical (unpaired) electrons. The molecular formula is C22H40N2O3S. The monoisotopic (exact) mass is 412 g/mol. The van der Waals surface area contributed by atoms with Crippen molar-refractivity contribution in [3.63, 3.8) is 0 Å². The summed E-state index contributed by atoms with van der Waals surface area (Å²) in [7, 11) is 0. The van der Waals surface area contributed by atoms with Crippen LogP contribution in [0.2, 0.25) is 0 Å². The van der Waals surface area contributed by atoms with Crippen LogP contribution in [0.1, 0.15) is 97.3 Å². The smallest absolute Gasteiger partial charge is 0.242 e. The molecule has 3 amide bonds. The Morgan fingerprint density at radius 1 is 0.964 bits per heavy atom. The summed E-state index contributed by atoms with van der Waals surface area (Å²) in [5.74, 6) is 1.05. The zero-order valence-electron chi connectivity index (χ0n) is 18.0. The number of likely N-dealkylation sites (tertiary alicyclic amines) is 1. The van der Waals surface area contributed by atoms with Crippen molar-refractivity contribution in [3.8, 4) is 0 Å². The van der Waals surface area contributed by atoms with Gasteiger partial charge in [-0.15, -0.1) is 11.8 Å². The molecule has 0 aliphatic carbocycles. The topological polar surface area (TPSA) is 66.5 Å². The first-order valence-corrected chi connectivity index (χ1v) is 12.4. The van der Waals surface area contributed by atoms with Crippen LogP contribution < -0.4 is 5.32 Å². The highest BCUT2D eigenvalue weighted by Gasteiger charge is 2.38. The lowest BCUT2D eigenvalue weighted by Crippen LogP contribution is -2.32. The van der Waals surface area contributed by atoms with Crippen molar-refractivity contribution in [2.75, 3.05) is 18.8 Å². The molecule has 162 valence electrons. The number of rotatable bonds is 17. The minimum atomic E-state index is -0.174. The third-order valence-corrected chi connectivity index (χ3v) is 6.45. The number of hydrogen-bond acceptors (Lipinski definition) is 4. The van der Waals surface area contributed by atoms with E-state index in [-0.39, 0.29) is 23.0 Å². The molecule has 1 fully saturated rings. The molecule has 28 heavy (non-hydrogen) atoms. The van der Waals surface area contributed by atoms with E-state index in [0.717, 1.165) is 44.4 Å². The molecule has 1 aliphatic rings. The number of nitrogens with one attached hydrogen (secondary N) is 1. The predicted octanol–water partition coefficient (Wildman–Crippen LogP) is 4.68. The highest BCUT2D eigenvalue weighted by atomic mass is 32.2. The maximum absolute atomic E-state index is 12.4. The van der Waals surface area contributed by atoms with Crippen molar-refractivity contribution < 1.29 is 14.4 Å². The molecule has 0 aromatic carbocycles. The van der Waals surface area contributed by atoms with E-state index >= 15 is 0 Å². The van der Waals surface area contributed by atoms with Gasteiger partial charge < -0.3 is 5.32 Å². The fourth-order valence-corrected chi connectivity index (χ4v) is 4.56. The van der Waals surface area contributed by atoms with Crippen LogP contribution in [-0.4, -0.2) is 46.7 Å². The second-order valence-electron chi connectivity index (χ2n) is 7.73. The fourth-order valence-electron chi connectivity index (χ4n) is 3.37. The normalized spacial score (nSPS) is 16.8. The van der Waals surface area contributed by atoms with Gasteiger partial charge in [0.1, 0.15) is 0 Å². The first kappa shape index (κ1) is 25.0. The zero-order valence-corrected chi connectivity index (χ0v) is 18.8. The zero-order chi connectivity index (χ0) is 20.6. The molecule has 5 nitrogen and oxygen atoms in total. The van der Waals surface area contributed by atoms with Crippen molar-refractivity contribution in [1.82, 2.24) is 10.2 Å². The van der Waals surface area contributed by atoms with Crippen LogP contribution in [0.15, 0.2) is 0 Å². The maximum atomic E-state index is 12.4. The molecule has 0 spiro atoms. The molecule has 6 heteroatoms. The number of thioether (sulfide) groups is 1. The number of hydrogen-bond donors (Lipinski definition) is 1. The Kier molecular flexibility index (Phi) is 14.1. The van der Waals surface area contributed by atoms with Crippen molar-refractivity contribution in [2.45, 2.75) is 103 Å². The van der Waals surface area contributed by atoms with E-state index in [1.54, 1.807) is 11.8 Å². The van der Waals surface area contributed by atoms with Gasteiger partial charge in [-0.05, 0) is 31.4 Å². The highest BCUT2D eigenvalue weighted by molar-refractivity contribution is 8.00. The standard InChI is InChI=1S/C22H40N2O3S/c1-3-5-7-11-15-23-20(25)14-10-9-12-16-24-21(26)18-19(22(24)27)28-17-13-8-6-4-2/h19H,3-18H2,1-2H3,(H,23,25). The van der Waals surface area contributed by atoms with Crippen molar-refractivity contribution in [2.24, 2.45) is 0 Å². The summed E-state index contributed by atoms with van der Waals surface area (Å²) in [4.78, 5) is 37.8. The average molecular weight is 413 g/mol. The Morgan fingerprint density at radius 3 is 2.36 bits per heavy atom. The third-order valence-electron chi connectivity index (χ3n) is 5.16. The molecule has 1 saturated heterocycles. The van der Waals surface area contributed by atoms with Crippen LogP contribution in [0.4, 0.5) is 0 Å². The van der Waals surface area contributed by atoms with Crippen LogP contribution in [0, 0.1) is 0 Å². The number of amides is 3. The van der Waals surface area contributed by atoms with Gasteiger partial charge in [0.25, 0.3) is 0 Å². The van der Waals surface area contributed by atoms with Gasteiger partial charge in [-0.3, -0.25) is 19.3 Å². The van der Waals surface area contributed by atoms with Crippen LogP contribution >= 0.6 is 11.8 Å². The Balaban J connectivity index is 2.09. The molecule has 1 N–H and O–H groups in total. The summed E-state index contributed by atoms with van der Waals surface area (Å²) in [6.07, 6.45) is 12.8. The van der Waals surface area contributed by atoms with E-state index in [9.17, 15) is 14.4 Å². The Labute approximate surface area is 175 Å². The summed E-state index contributed by atoms with van der Waals surface area (Å²) in [6.45, 7) is 5.64. The second kappa shape index (κ2) is 15.8. The molecule has 1 aliphatic heterocycles. The summed E-state index contributed by atoms with van der Waals surface area (Å²) in [6, 6.07) is 0. The van der Waals surface area contributed by atoms with E-state index in [2.05, 4.69) is 19.2 Å². The van der Waals surface area contributed by atoms with E-state index < -0.39 is 0 Å². The van der Waals surface area contributed by atoms with Gasteiger partial charge in [-0.25, -0.2) is 0 Å². The van der Waals surface area contributed by atoms with Gasteiger partial charge in [0.2, 0.25) is 17.7 Å². The van der Waals surface area contributed by atoms with Crippen LogP contribution in [0.3, 0.4) is 0 Å². The molecule has 1 unspecified atom stereocenters. The lowest BCUT2D eigenvalue weighted by atomic mass is 10.1. The number of carbonyl (C=O) groups excluding carboxylic acids is 3. The average Bonchev–Trinajstić information content (AvgIpc) is 2.94. The summed E-state index contributed by atoms with van der Waals surface area (Å²) in [5, 5.41) is 2.79. The number of unbranched alkanes of at least 4 members (excludes halogenated alkanes) is 8. The molecular weight excluding hydrogens is 372 g/mol. The van der Waals surface area contributed by atoms with Crippen LogP contribution in [0.5, 0.6) is 0 Å². The van der Waals surface area contributed by atoms with E-state index in [4.69, 9.17) is 0 Å². The highest BCUT2D eigenvalue weighted by Crippen LogP contribution is 2.26. The van der Waals surface area contributed by atoms with Crippen LogP contribution in [-0.2, 0) is 14.4 Å². The molecule has 0 bridgehead atoms. The Hall–Kier alpha value is -1.04. The minimum absolute atomic E-state index is 0.00434. The Morgan fingerprint density at radius 2 is 1.64 bits per heavy atom. The predicted molar refractivity (Wildman–Crippen MR) is 117 cm³/mol. The van der Waals surface area contributed by atoms with Gasteiger partial charge in [0.15, 0.2) is 0 Å². The molecule has 0 aromatic rings. The van der Waals surface area contributed by atoms with E-state index in [1.807, 2.05) is 0 Å². The van der Waals surface area contributed by atoms with Gasteiger partial charge in [-0.2, -0.15) is 0 Å². The maximum Gasteiger partial charge on any atom is 0.242 e. The Bertz CT molecular complexity index is 471. The first-order valence-electron chi connectivity index (χ1n) is 11.3. The van der Waals surface area contributed by atoms with Gasteiger partial charge >= 0.3 is 0 Å². The van der Waals surface area contributed by atoms with Crippen molar-refractivity contribution in [3.05, 3.63) is 0 Å². The molecule has 1 heterocycles. The number of imide groups is 1. The quantitative estimate of drug-likeness (QED) is 0.278. The van der Waals surface area contributed by atoms with Crippen LogP contribution in [0.25, 0.3) is 0 Å². The largest absolute Gasteiger partial charge is 0.356 e. The number of nitrogens with zero attached hydrogens (tertiary/aromatic N) is 1. The van der Waals surface area contributed by atoms with Gasteiger partial charge in [0, 0.05) is 25.9 Å². The van der Waals surface area contributed by atoms with Crippen molar-refractivity contribution >= 4 is 29.5 Å². The first-order chi connectivity index (χ1) is 13.6.